The molecule has 0 atom stereocenters. The van der Waals surface area contributed by atoms with Crippen LogP contribution in [0.15, 0.2) is 12.4 Å². The second-order valence-electron chi connectivity index (χ2n) is 5.46. The molecule has 1 saturated carbocycles. The van der Waals surface area contributed by atoms with Gasteiger partial charge in [-0.2, -0.15) is 0 Å². The van der Waals surface area contributed by atoms with Gasteiger partial charge in [0.05, 0.1) is 19.8 Å². The number of aromatic amines is 1. The fourth-order valence-electron chi connectivity index (χ4n) is 3.42. The highest BCUT2D eigenvalue weighted by atomic mass is 16.5. The molecule has 2 heterocycles. The van der Waals surface area contributed by atoms with Gasteiger partial charge in [0.25, 0.3) is 0 Å². The van der Waals surface area contributed by atoms with E-state index in [4.69, 9.17) is 4.74 Å². The number of morpholine rings is 1. The van der Waals surface area contributed by atoms with Crippen LogP contribution in [0.1, 0.15) is 32.1 Å². The van der Waals surface area contributed by atoms with E-state index in [0.717, 1.165) is 32.8 Å². The normalized spacial score (nSPS) is 26.1. The molecule has 1 N–H and O–H groups in total. The number of rotatable bonds is 3. The van der Waals surface area contributed by atoms with Crippen LogP contribution in [0.5, 0.6) is 0 Å². The van der Waals surface area contributed by atoms with Gasteiger partial charge in [0.1, 0.15) is 0 Å². The fourth-order valence-corrected chi connectivity index (χ4v) is 3.42. The van der Waals surface area contributed by atoms with Gasteiger partial charge in [0.15, 0.2) is 0 Å². The first-order valence-corrected chi connectivity index (χ1v) is 6.91. The van der Waals surface area contributed by atoms with Crippen LogP contribution in [0.2, 0.25) is 0 Å². The van der Waals surface area contributed by atoms with E-state index in [1.54, 1.807) is 0 Å². The maximum atomic E-state index is 5.50. The summed E-state index contributed by atoms with van der Waals surface area (Å²) in [5, 5.41) is 3.25. The van der Waals surface area contributed by atoms with Gasteiger partial charge in [0.2, 0.25) is 0 Å². The van der Waals surface area contributed by atoms with E-state index in [0.29, 0.717) is 5.54 Å². The van der Waals surface area contributed by atoms with Gasteiger partial charge in [-0.25, -0.2) is 0 Å². The highest BCUT2D eigenvalue weighted by Gasteiger charge is 2.38. The van der Waals surface area contributed by atoms with Crippen molar-refractivity contribution in [1.29, 1.82) is 0 Å². The lowest BCUT2D eigenvalue weighted by Gasteiger charge is -2.48. The maximum Gasteiger partial charge on any atom is 0.0594 e. The predicted molar refractivity (Wildman–Crippen MR) is 67.0 cm³/mol. The summed E-state index contributed by atoms with van der Waals surface area (Å²) in [5.41, 5.74) is 0.389. The Balaban J connectivity index is 1.75. The monoisotopic (exact) mass is 237 g/mol. The molecule has 1 aliphatic carbocycles. The first-order chi connectivity index (χ1) is 8.39. The predicted octanol–water partition coefficient (Wildman–Crippen LogP) is 1.85. The van der Waals surface area contributed by atoms with E-state index in [2.05, 4.69) is 20.9 Å². The lowest BCUT2D eigenvalue weighted by atomic mass is 9.79. The van der Waals surface area contributed by atoms with Crippen molar-refractivity contribution in [2.75, 3.05) is 26.3 Å². The Morgan fingerprint density at radius 1 is 1.12 bits per heavy atom. The molecule has 4 nitrogen and oxygen atoms in total. The van der Waals surface area contributed by atoms with Crippen molar-refractivity contribution >= 4 is 0 Å². The number of hydrogen-bond acceptors (Lipinski definition) is 2. The van der Waals surface area contributed by atoms with E-state index in [-0.39, 0.29) is 0 Å². The Kier molecular flexibility index (Phi) is 3.25. The second kappa shape index (κ2) is 4.86. The van der Waals surface area contributed by atoms with E-state index >= 15 is 0 Å². The molecular formula is C13H23N3O. The SMILES string of the molecule is c1cn(CC2(N3CCOCC3)CCCCC2)[nH]1. The first-order valence-electron chi connectivity index (χ1n) is 6.91. The zero-order valence-corrected chi connectivity index (χ0v) is 10.5. The molecule has 3 rings (SSSR count). The molecule has 0 bridgehead atoms. The third-order valence-corrected chi connectivity index (χ3v) is 4.43. The van der Waals surface area contributed by atoms with Crippen molar-refractivity contribution in [3.8, 4) is 0 Å². The number of ether oxygens (including phenoxy) is 1. The van der Waals surface area contributed by atoms with Crippen molar-refractivity contribution in [3.05, 3.63) is 12.4 Å². The molecule has 2 aliphatic rings. The first kappa shape index (κ1) is 11.4. The highest BCUT2D eigenvalue weighted by molar-refractivity contribution is 4.94. The van der Waals surface area contributed by atoms with Crippen molar-refractivity contribution in [1.82, 2.24) is 14.7 Å². The Hall–Kier alpha value is -0.740. The number of aromatic nitrogens is 2. The van der Waals surface area contributed by atoms with Gasteiger partial charge in [0, 0.05) is 31.0 Å². The summed E-state index contributed by atoms with van der Waals surface area (Å²) in [5.74, 6) is 0. The molecule has 1 aromatic heterocycles. The lowest BCUT2D eigenvalue weighted by molar-refractivity contribution is -0.0466. The number of hydrogen-bond donors (Lipinski definition) is 1. The second-order valence-corrected chi connectivity index (χ2v) is 5.46. The topological polar surface area (TPSA) is 33.2 Å². The standard InChI is InChI=1S/C13H23N3O/c1-2-4-13(5-3-1,12-16-7-6-14-16)15-8-10-17-11-9-15/h6-7,14H,1-5,8-12H2. The zero-order valence-electron chi connectivity index (χ0n) is 10.5. The van der Waals surface area contributed by atoms with Gasteiger partial charge < -0.3 is 9.84 Å². The summed E-state index contributed by atoms with van der Waals surface area (Å²) < 4.78 is 7.73. The van der Waals surface area contributed by atoms with Crippen molar-refractivity contribution in [3.63, 3.8) is 0 Å². The number of nitrogens with one attached hydrogen (secondary N) is 1. The third-order valence-electron chi connectivity index (χ3n) is 4.43. The average molecular weight is 237 g/mol. The molecule has 2 fully saturated rings. The zero-order chi connectivity index (χ0) is 11.6. The van der Waals surface area contributed by atoms with Crippen LogP contribution in [-0.4, -0.2) is 46.5 Å². The summed E-state index contributed by atoms with van der Waals surface area (Å²) in [7, 11) is 0. The Bertz CT molecular complexity index is 323. The summed E-state index contributed by atoms with van der Waals surface area (Å²) >= 11 is 0. The Morgan fingerprint density at radius 3 is 2.41 bits per heavy atom. The van der Waals surface area contributed by atoms with E-state index < -0.39 is 0 Å². The molecule has 17 heavy (non-hydrogen) atoms. The summed E-state index contributed by atoms with van der Waals surface area (Å²) in [6.07, 6.45) is 11.0. The Labute approximate surface area is 103 Å². The fraction of sp³-hybridized carbons (Fsp3) is 0.846. The molecule has 4 heteroatoms. The van der Waals surface area contributed by atoms with Gasteiger partial charge in [-0.05, 0) is 12.8 Å². The summed E-state index contributed by atoms with van der Waals surface area (Å²) in [6, 6.07) is 0. The minimum absolute atomic E-state index is 0.389. The minimum atomic E-state index is 0.389. The molecule has 0 spiro atoms. The van der Waals surface area contributed by atoms with Gasteiger partial charge >= 0.3 is 0 Å². The molecule has 1 aromatic rings. The van der Waals surface area contributed by atoms with Crippen LogP contribution in [0.25, 0.3) is 0 Å². The molecular weight excluding hydrogens is 214 g/mol. The smallest absolute Gasteiger partial charge is 0.0594 e. The van der Waals surface area contributed by atoms with E-state index in [1.165, 1.54) is 32.1 Å². The quantitative estimate of drug-likeness (QED) is 0.870. The number of nitrogens with zero attached hydrogens (tertiary/aromatic N) is 2. The maximum absolute atomic E-state index is 5.50. The van der Waals surface area contributed by atoms with Crippen LogP contribution in [0.4, 0.5) is 0 Å². The molecule has 1 saturated heterocycles. The van der Waals surface area contributed by atoms with Gasteiger partial charge in [-0.3, -0.25) is 9.58 Å². The van der Waals surface area contributed by atoms with Crippen molar-refractivity contribution < 1.29 is 4.74 Å². The van der Waals surface area contributed by atoms with Crippen LogP contribution in [0, 0.1) is 0 Å². The molecule has 1 aliphatic heterocycles. The van der Waals surface area contributed by atoms with Crippen LogP contribution in [-0.2, 0) is 11.3 Å². The van der Waals surface area contributed by atoms with Crippen molar-refractivity contribution in [2.45, 2.75) is 44.2 Å². The largest absolute Gasteiger partial charge is 0.379 e. The molecule has 0 amide bonds. The lowest BCUT2D eigenvalue weighted by Crippen LogP contribution is -2.56. The summed E-state index contributed by atoms with van der Waals surface area (Å²) in [6.45, 7) is 5.16. The summed E-state index contributed by atoms with van der Waals surface area (Å²) in [4.78, 5) is 2.68. The van der Waals surface area contributed by atoms with E-state index in [9.17, 15) is 0 Å². The van der Waals surface area contributed by atoms with Gasteiger partial charge in [-0.15, -0.1) is 0 Å². The molecule has 96 valence electrons. The van der Waals surface area contributed by atoms with Gasteiger partial charge in [-0.1, -0.05) is 19.3 Å². The molecule has 0 aromatic carbocycles. The van der Waals surface area contributed by atoms with Crippen molar-refractivity contribution in [2.24, 2.45) is 0 Å². The highest BCUT2D eigenvalue weighted by Crippen LogP contribution is 2.35. The number of H-pyrrole nitrogens is 1. The molecule has 0 unspecified atom stereocenters. The minimum Gasteiger partial charge on any atom is -0.379 e. The average Bonchev–Trinajstić information content (AvgIpc) is 2.36. The molecule has 0 radical (unpaired) electrons. The van der Waals surface area contributed by atoms with Crippen LogP contribution >= 0.6 is 0 Å². The Morgan fingerprint density at radius 2 is 1.82 bits per heavy atom. The van der Waals surface area contributed by atoms with E-state index in [1.807, 2.05) is 6.20 Å². The van der Waals surface area contributed by atoms with Crippen LogP contribution in [0.3, 0.4) is 0 Å². The third kappa shape index (κ3) is 2.29. The van der Waals surface area contributed by atoms with Crippen LogP contribution < -0.4 is 0 Å².